The molecule has 1 amide bonds. The maximum Gasteiger partial charge on any atom is 0.265 e. The van der Waals surface area contributed by atoms with Gasteiger partial charge in [0, 0.05) is 13.0 Å². The molecule has 0 fully saturated rings. The minimum absolute atomic E-state index is 0.149. The van der Waals surface area contributed by atoms with Crippen molar-refractivity contribution in [3.8, 4) is 5.75 Å². The van der Waals surface area contributed by atoms with Crippen LogP contribution in [0.15, 0.2) is 18.2 Å². The van der Waals surface area contributed by atoms with Gasteiger partial charge in [0.1, 0.15) is 10.6 Å². The lowest BCUT2D eigenvalue weighted by atomic mass is 10.0. The van der Waals surface area contributed by atoms with E-state index in [-0.39, 0.29) is 12.5 Å². The van der Waals surface area contributed by atoms with Crippen molar-refractivity contribution in [2.75, 3.05) is 13.2 Å². The van der Waals surface area contributed by atoms with Crippen molar-refractivity contribution < 1.29 is 14.6 Å². The van der Waals surface area contributed by atoms with Crippen LogP contribution in [0.2, 0.25) is 0 Å². The molecule has 1 aromatic carbocycles. The van der Waals surface area contributed by atoms with Gasteiger partial charge >= 0.3 is 0 Å². The van der Waals surface area contributed by atoms with Gasteiger partial charge in [-0.3, -0.25) is 4.79 Å². The Morgan fingerprint density at radius 1 is 1.57 bits per heavy atom. The number of amides is 1. The van der Waals surface area contributed by atoms with Gasteiger partial charge in [-0.2, -0.15) is 0 Å². The molecule has 0 radical (unpaired) electrons. The first-order valence-electron chi connectivity index (χ1n) is 6.66. The van der Waals surface area contributed by atoms with Gasteiger partial charge in [0.2, 0.25) is 0 Å². The molecule has 0 unspecified atom stereocenters. The molecule has 2 N–H and O–H groups in total. The number of carbonyl (C=O) groups excluding carboxylic acids is 1. The van der Waals surface area contributed by atoms with Crippen molar-refractivity contribution in [3.63, 3.8) is 0 Å². The lowest BCUT2D eigenvalue weighted by Gasteiger charge is -2.13. The molecule has 21 heavy (non-hydrogen) atoms. The number of ether oxygens (including phenoxy) is 1. The number of nitrogens with one attached hydrogen (secondary N) is 1. The van der Waals surface area contributed by atoms with Crippen LogP contribution in [0.3, 0.4) is 0 Å². The van der Waals surface area contributed by atoms with Crippen molar-refractivity contribution in [1.82, 2.24) is 14.9 Å². The minimum Gasteiger partial charge on any atom is -0.493 e. The third-order valence-corrected chi connectivity index (χ3v) is 4.24. The third-order valence-electron chi connectivity index (χ3n) is 3.41. The molecule has 110 valence electrons. The smallest absolute Gasteiger partial charge is 0.265 e. The Morgan fingerprint density at radius 3 is 3.19 bits per heavy atom. The van der Waals surface area contributed by atoms with E-state index in [1.807, 2.05) is 18.2 Å². The van der Waals surface area contributed by atoms with E-state index in [1.54, 1.807) is 6.92 Å². The predicted octanol–water partition coefficient (Wildman–Crippen LogP) is 1.24. The SMILES string of the molecule is Cc1nnsc1C(=O)NC[C@H](O)c1ccc2c(c1)CCO2. The van der Waals surface area contributed by atoms with Gasteiger partial charge in [-0.15, -0.1) is 5.10 Å². The fourth-order valence-corrected chi connectivity index (χ4v) is 2.81. The lowest BCUT2D eigenvalue weighted by molar-refractivity contribution is 0.0919. The van der Waals surface area contributed by atoms with E-state index >= 15 is 0 Å². The molecule has 1 aromatic heterocycles. The second-order valence-corrected chi connectivity index (χ2v) is 5.63. The van der Waals surface area contributed by atoms with Crippen molar-refractivity contribution in [2.45, 2.75) is 19.4 Å². The van der Waals surface area contributed by atoms with Gasteiger partial charge in [0.15, 0.2) is 0 Å². The number of hydrogen-bond donors (Lipinski definition) is 2. The summed E-state index contributed by atoms with van der Waals surface area (Å²) in [6.07, 6.45) is 0.106. The zero-order chi connectivity index (χ0) is 14.8. The normalized spacial score (nSPS) is 14.4. The maximum absolute atomic E-state index is 11.9. The van der Waals surface area contributed by atoms with Gasteiger partial charge in [0.25, 0.3) is 5.91 Å². The third kappa shape index (κ3) is 2.88. The van der Waals surface area contributed by atoms with Crippen LogP contribution in [0, 0.1) is 6.92 Å². The molecule has 1 atom stereocenters. The fraction of sp³-hybridized carbons (Fsp3) is 0.357. The highest BCUT2D eigenvalue weighted by Gasteiger charge is 2.18. The molecule has 1 aliphatic heterocycles. The molecule has 6 nitrogen and oxygen atoms in total. The van der Waals surface area contributed by atoms with Crippen LogP contribution >= 0.6 is 11.5 Å². The average molecular weight is 305 g/mol. The van der Waals surface area contributed by atoms with Crippen LogP contribution in [0.5, 0.6) is 5.75 Å². The van der Waals surface area contributed by atoms with Crippen LogP contribution < -0.4 is 10.1 Å². The quantitative estimate of drug-likeness (QED) is 0.888. The summed E-state index contributed by atoms with van der Waals surface area (Å²) in [4.78, 5) is 12.4. The van der Waals surface area contributed by atoms with Crippen molar-refractivity contribution in [3.05, 3.63) is 39.9 Å². The highest BCUT2D eigenvalue weighted by atomic mass is 32.1. The van der Waals surface area contributed by atoms with E-state index in [4.69, 9.17) is 4.74 Å². The summed E-state index contributed by atoms with van der Waals surface area (Å²) in [6, 6.07) is 5.61. The molecule has 0 bridgehead atoms. The highest BCUT2D eigenvalue weighted by Crippen LogP contribution is 2.28. The fourth-order valence-electron chi connectivity index (χ4n) is 2.24. The second kappa shape index (κ2) is 5.79. The van der Waals surface area contributed by atoms with Gasteiger partial charge < -0.3 is 15.2 Å². The Bertz CT molecular complexity index is 671. The molecule has 2 heterocycles. The van der Waals surface area contributed by atoms with Gasteiger partial charge in [-0.05, 0) is 41.7 Å². The number of nitrogens with zero attached hydrogens (tertiary/aromatic N) is 2. The summed E-state index contributed by atoms with van der Waals surface area (Å²) < 4.78 is 9.15. The van der Waals surface area contributed by atoms with Crippen molar-refractivity contribution >= 4 is 17.4 Å². The Hall–Kier alpha value is -1.99. The molecular weight excluding hydrogens is 290 g/mol. The summed E-state index contributed by atoms with van der Waals surface area (Å²) in [6.45, 7) is 2.56. The standard InChI is InChI=1S/C14H15N3O3S/c1-8-13(21-17-16-8)14(19)15-7-11(18)9-2-3-12-10(6-9)4-5-20-12/h2-3,6,11,18H,4-5,7H2,1H3,(H,15,19)/t11-/m0/s1. The van der Waals surface area contributed by atoms with E-state index < -0.39 is 6.10 Å². The topological polar surface area (TPSA) is 84.3 Å². The molecule has 3 rings (SSSR count). The number of aromatic nitrogens is 2. The Labute approximate surface area is 125 Å². The molecule has 1 aliphatic rings. The van der Waals surface area contributed by atoms with Crippen LogP contribution in [0.25, 0.3) is 0 Å². The van der Waals surface area contributed by atoms with E-state index in [0.29, 0.717) is 17.2 Å². The Balaban J connectivity index is 1.63. The zero-order valence-corrected chi connectivity index (χ0v) is 12.3. The molecule has 2 aromatic rings. The molecule has 0 saturated carbocycles. The van der Waals surface area contributed by atoms with E-state index in [0.717, 1.165) is 34.8 Å². The number of hydrogen-bond acceptors (Lipinski definition) is 6. The number of carbonyl (C=O) groups is 1. The Morgan fingerprint density at radius 2 is 2.43 bits per heavy atom. The molecule has 0 aliphatic carbocycles. The molecule has 0 spiro atoms. The number of rotatable bonds is 4. The zero-order valence-electron chi connectivity index (χ0n) is 11.5. The molecule has 7 heteroatoms. The number of aryl methyl sites for hydroxylation is 1. The van der Waals surface area contributed by atoms with Crippen molar-refractivity contribution in [2.24, 2.45) is 0 Å². The lowest BCUT2D eigenvalue weighted by Crippen LogP contribution is -2.28. The highest BCUT2D eigenvalue weighted by molar-refractivity contribution is 7.07. The van der Waals surface area contributed by atoms with E-state index in [2.05, 4.69) is 14.9 Å². The summed E-state index contributed by atoms with van der Waals surface area (Å²) in [5.41, 5.74) is 2.47. The number of fused-ring (bicyclic) bond motifs is 1. The summed E-state index contributed by atoms with van der Waals surface area (Å²) >= 11 is 1.05. The van der Waals surface area contributed by atoms with Crippen LogP contribution in [0.4, 0.5) is 0 Å². The maximum atomic E-state index is 11.9. The largest absolute Gasteiger partial charge is 0.493 e. The van der Waals surface area contributed by atoms with Gasteiger partial charge in [-0.1, -0.05) is 10.6 Å². The van der Waals surface area contributed by atoms with Crippen LogP contribution in [-0.2, 0) is 6.42 Å². The van der Waals surface area contributed by atoms with Gasteiger partial charge in [-0.25, -0.2) is 0 Å². The minimum atomic E-state index is -0.749. The Kier molecular flexibility index (Phi) is 3.85. The predicted molar refractivity (Wildman–Crippen MR) is 77.6 cm³/mol. The first-order valence-corrected chi connectivity index (χ1v) is 7.43. The van der Waals surface area contributed by atoms with Crippen molar-refractivity contribution in [1.29, 1.82) is 0 Å². The van der Waals surface area contributed by atoms with Crippen LogP contribution in [-0.4, -0.2) is 33.8 Å². The molecular formula is C14H15N3O3S. The average Bonchev–Trinajstić information content (AvgIpc) is 3.11. The number of benzene rings is 1. The van der Waals surface area contributed by atoms with E-state index in [1.165, 1.54) is 0 Å². The first-order chi connectivity index (χ1) is 10.1. The number of aliphatic hydroxyl groups is 1. The summed E-state index contributed by atoms with van der Waals surface area (Å²) in [7, 11) is 0. The van der Waals surface area contributed by atoms with Crippen LogP contribution in [0.1, 0.15) is 32.6 Å². The van der Waals surface area contributed by atoms with Gasteiger partial charge in [0.05, 0.1) is 18.4 Å². The monoisotopic (exact) mass is 305 g/mol. The summed E-state index contributed by atoms with van der Waals surface area (Å²) in [5.74, 6) is 0.618. The van der Waals surface area contributed by atoms with E-state index in [9.17, 15) is 9.90 Å². The first kappa shape index (κ1) is 14.0. The summed E-state index contributed by atoms with van der Waals surface area (Å²) in [5, 5.41) is 16.7. The number of aliphatic hydroxyl groups excluding tert-OH is 1. The molecule has 0 saturated heterocycles. The second-order valence-electron chi connectivity index (χ2n) is 4.88.